The normalized spacial score (nSPS) is 19.6. The van der Waals surface area contributed by atoms with E-state index in [1.165, 1.54) is 5.56 Å². The van der Waals surface area contributed by atoms with Gasteiger partial charge in [-0.15, -0.1) is 0 Å². The molecule has 2 N–H and O–H groups in total. The second-order valence-corrected chi connectivity index (χ2v) is 6.60. The maximum absolute atomic E-state index is 12.2. The van der Waals surface area contributed by atoms with Gasteiger partial charge in [0.25, 0.3) is 0 Å². The Kier molecular flexibility index (Phi) is 3.55. The van der Waals surface area contributed by atoms with Crippen LogP contribution in [0.5, 0.6) is 0 Å². The first-order valence-corrected chi connectivity index (χ1v) is 8.23. The Bertz CT molecular complexity index is 845. The number of benzene rings is 2. The highest BCUT2D eigenvalue weighted by molar-refractivity contribution is 6.35. The van der Waals surface area contributed by atoms with Crippen LogP contribution in [0.15, 0.2) is 48.0 Å². The van der Waals surface area contributed by atoms with E-state index in [9.17, 15) is 4.79 Å². The van der Waals surface area contributed by atoms with Crippen LogP contribution in [0, 0.1) is 0 Å². The predicted molar refractivity (Wildman–Crippen MR) is 92.6 cm³/mol. The average molecular weight is 345 g/mol. The minimum absolute atomic E-state index is 0.212. The molecule has 0 aromatic heterocycles. The molecule has 2 amide bonds. The Labute approximate surface area is 144 Å². The number of hydrogen-bond acceptors (Lipinski definition) is 1. The molecule has 1 aliphatic carbocycles. The summed E-state index contributed by atoms with van der Waals surface area (Å²) in [7, 11) is 0. The molecule has 3 nitrogen and oxygen atoms in total. The van der Waals surface area contributed by atoms with Crippen molar-refractivity contribution in [2.24, 2.45) is 0 Å². The van der Waals surface area contributed by atoms with E-state index in [4.69, 9.17) is 23.2 Å². The lowest BCUT2D eigenvalue weighted by Crippen LogP contribution is -2.44. The van der Waals surface area contributed by atoms with Crippen LogP contribution in [-0.2, 0) is 6.42 Å². The molecular weight excluding hydrogens is 331 g/mol. The van der Waals surface area contributed by atoms with Gasteiger partial charge in [0, 0.05) is 15.6 Å². The SMILES string of the molecule is O=C1NC2=C(CCc3ccccc32)C(c2ccc(Cl)cc2Cl)N1. The highest BCUT2D eigenvalue weighted by Gasteiger charge is 2.32. The molecule has 1 unspecified atom stereocenters. The van der Waals surface area contributed by atoms with Gasteiger partial charge in [0.2, 0.25) is 0 Å². The summed E-state index contributed by atoms with van der Waals surface area (Å²) in [6, 6.07) is 13.1. The van der Waals surface area contributed by atoms with E-state index in [1.54, 1.807) is 12.1 Å². The fourth-order valence-electron chi connectivity index (χ4n) is 3.35. The molecule has 2 aliphatic rings. The third-order valence-electron chi connectivity index (χ3n) is 4.41. The van der Waals surface area contributed by atoms with Crippen molar-refractivity contribution in [2.45, 2.75) is 18.9 Å². The van der Waals surface area contributed by atoms with Gasteiger partial charge in [-0.3, -0.25) is 0 Å². The van der Waals surface area contributed by atoms with E-state index in [1.807, 2.05) is 18.2 Å². The van der Waals surface area contributed by atoms with Crippen LogP contribution in [0.25, 0.3) is 5.70 Å². The first-order valence-electron chi connectivity index (χ1n) is 7.47. The molecule has 5 heteroatoms. The maximum Gasteiger partial charge on any atom is 0.320 e. The summed E-state index contributed by atoms with van der Waals surface area (Å²) >= 11 is 12.4. The number of nitrogens with one attached hydrogen (secondary N) is 2. The van der Waals surface area contributed by atoms with Crippen LogP contribution < -0.4 is 10.6 Å². The molecule has 4 rings (SSSR count). The second kappa shape index (κ2) is 5.59. The number of amides is 2. The van der Waals surface area contributed by atoms with Crippen LogP contribution in [0.1, 0.15) is 29.2 Å². The molecule has 0 saturated carbocycles. The molecule has 1 aliphatic heterocycles. The molecule has 116 valence electrons. The number of urea groups is 1. The van der Waals surface area contributed by atoms with Crippen molar-refractivity contribution in [1.29, 1.82) is 0 Å². The molecule has 2 aromatic rings. The van der Waals surface area contributed by atoms with Crippen molar-refractivity contribution in [3.8, 4) is 0 Å². The Morgan fingerprint density at radius 2 is 1.87 bits per heavy atom. The third-order valence-corrected chi connectivity index (χ3v) is 4.97. The van der Waals surface area contributed by atoms with E-state index in [0.29, 0.717) is 10.0 Å². The van der Waals surface area contributed by atoms with E-state index in [0.717, 1.165) is 35.2 Å². The van der Waals surface area contributed by atoms with Crippen LogP contribution in [0.2, 0.25) is 10.0 Å². The van der Waals surface area contributed by atoms with Crippen LogP contribution in [0.4, 0.5) is 4.79 Å². The van der Waals surface area contributed by atoms with E-state index >= 15 is 0 Å². The van der Waals surface area contributed by atoms with Crippen molar-refractivity contribution in [3.63, 3.8) is 0 Å². The molecule has 0 spiro atoms. The van der Waals surface area contributed by atoms with E-state index < -0.39 is 0 Å². The summed E-state index contributed by atoms with van der Waals surface area (Å²) in [6.07, 6.45) is 1.83. The fraction of sp³-hybridized carbons (Fsp3) is 0.167. The molecule has 0 radical (unpaired) electrons. The van der Waals surface area contributed by atoms with Gasteiger partial charge in [0.15, 0.2) is 0 Å². The minimum Gasteiger partial charge on any atom is -0.327 e. The van der Waals surface area contributed by atoms with Gasteiger partial charge >= 0.3 is 6.03 Å². The zero-order valence-corrected chi connectivity index (χ0v) is 13.7. The standard InChI is InChI=1S/C18H14Cl2N2O/c19-11-6-8-13(15(20)9-11)17-14-7-5-10-3-1-2-4-12(10)16(14)21-18(23)22-17/h1-4,6,8-9,17H,5,7H2,(H2,21,22,23). The Morgan fingerprint density at radius 1 is 1.04 bits per heavy atom. The largest absolute Gasteiger partial charge is 0.327 e. The number of rotatable bonds is 1. The van der Waals surface area contributed by atoms with Gasteiger partial charge in [-0.05, 0) is 41.7 Å². The number of halogens is 2. The van der Waals surface area contributed by atoms with Gasteiger partial charge in [-0.1, -0.05) is 53.5 Å². The summed E-state index contributed by atoms with van der Waals surface area (Å²) < 4.78 is 0. The van der Waals surface area contributed by atoms with Crippen molar-refractivity contribution in [1.82, 2.24) is 10.6 Å². The summed E-state index contributed by atoms with van der Waals surface area (Å²) in [6.45, 7) is 0. The molecule has 0 bridgehead atoms. The fourth-order valence-corrected chi connectivity index (χ4v) is 3.87. The zero-order chi connectivity index (χ0) is 16.0. The Hall–Kier alpha value is -1.97. The highest BCUT2D eigenvalue weighted by atomic mass is 35.5. The molecular formula is C18H14Cl2N2O. The van der Waals surface area contributed by atoms with Gasteiger partial charge < -0.3 is 10.6 Å². The summed E-state index contributed by atoms with van der Waals surface area (Å²) in [5.41, 5.74) is 5.30. The van der Waals surface area contributed by atoms with Crippen molar-refractivity contribution in [3.05, 3.63) is 74.8 Å². The molecule has 0 fully saturated rings. The number of hydrogen-bond donors (Lipinski definition) is 2. The minimum atomic E-state index is -0.225. The van der Waals surface area contributed by atoms with Gasteiger partial charge in [0.05, 0.1) is 11.7 Å². The average Bonchev–Trinajstić information content (AvgIpc) is 2.54. The monoisotopic (exact) mass is 344 g/mol. The van der Waals surface area contributed by atoms with Crippen molar-refractivity contribution in [2.75, 3.05) is 0 Å². The van der Waals surface area contributed by atoms with Gasteiger partial charge in [-0.2, -0.15) is 0 Å². The van der Waals surface area contributed by atoms with E-state index in [2.05, 4.69) is 22.8 Å². The summed E-state index contributed by atoms with van der Waals surface area (Å²) in [5.74, 6) is 0. The molecule has 1 atom stereocenters. The molecule has 1 heterocycles. The molecule has 23 heavy (non-hydrogen) atoms. The van der Waals surface area contributed by atoms with Crippen LogP contribution in [-0.4, -0.2) is 6.03 Å². The van der Waals surface area contributed by atoms with Crippen molar-refractivity contribution >= 4 is 34.9 Å². The predicted octanol–water partition coefficient (Wildman–Crippen LogP) is 4.70. The first-order chi connectivity index (χ1) is 11.1. The second-order valence-electron chi connectivity index (χ2n) is 5.75. The third kappa shape index (κ3) is 2.50. The van der Waals surface area contributed by atoms with Crippen LogP contribution in [0.3, 0.4) is 0 Å². The topological polar surface area (TPSA) is 41.1 Å². The Morgan fingerprint density at radius 3 is 2.70 bits per heavy atom. The smallest absolute Gasteiger partial charge is 0.320 e. The number of fused-ring (bicyclic) bond motifs is 2. The van der Waals surface area contributed by atoms with Gasteiger partial charge in [-0.25, -0.2) is 4.79 Å². The maximum atomic E-state index is 12.2. The highest BCUT2D eigenvalue weighted by Crippen LogP contribution is 2.40. The molecule has 0 saturated heterocycles. The lowest BCUT2D eigenvalue weighted by Gasteiger charge is -2.34. The first kappa shape index (κ1) is 14.6. The number of aryl methyl sites for hydroxylation is 1. The quantitative estimate of drug-likeness (QED) is 0.773. The molecule has 2 aromatic carbocycles. The lowest BCUT2D eigenvalue weighted by atomic mass is 9.83. The zero-order valence-electron chi connectivity index (χ0n) is 12.2. The van der Waals surface area contributed by atoms with E-state index in [-0.39, 0.29) is 12.1 Å². The Balaban J connectivity index is 1.87. The lowest BCUT2D eigenvalue weighted by molar-refractivity contribution is 0.240. The summed E-state index contributed by atoms with van der Waals surface area (Å²) in [4.78, 5) is 12.2. The number of carbonyl (C=O) groups excluding carboxylic acids is 1. The number of carbonyl (C=O) groups is 1. The van der Waals surface area contributed by atoms with Crippen LogP contribution >= 0.6 is 23.2 Å². The van der Waals surface area contributed by atoms with Gasteiger partial charge in [0.1, 0.15) is 0 Å². The summed E-state index contributed by atoms with van der Waals surface area (Å²) in [5, 5.41) is 7.10. The van der Waals surface area contributed by atoms with Crippen molar-refractivity contribution < 1.29 is 4.79 Å².